The molecule has 2 amide bonds. The molecule has 0 bridgehead atoms. The van der Waals surface area contributed by atoms with Gasteiger partial charge in [-0.1, -0.05) is 41.6 Å². The smallest absolute Gasteiger partial charge is 0.269 e. The zero-order valence-corrected chi connectivity index (χ0v) is 18.9. The number of aryl methyl sites for hydroxylation is 1. The molecular formula is C26H19F2N3O2S. The predicted octanol–water partition coefficient (Wildman–Crippen LogP) is 5.34. The third kappa shape index (κ3) is 5.00. The molecule has 0 aliphatic carbocycles. The largest absolute Gasteiger partial charge is 0.321 e. The molecule has 3 aromatic rings. The van der Waals surface area contributed by atoms with Gasteiger partial charge < -0.3 is 5.32 Å². The van der Waals surface area contributed by atoms with Crippen LogP contribution in [0.1, 0.15) is 11.1 Å². The van der Waals surface area contributed by atoms with Crippen molar-refractivity contribution in [1.82, 2.24) is 0 Å². The molecule has 0 aromatic heterocycles. The molecule has 0 spiro atoms. The number of thioether (sulfide) groups is 1. The summed E-state index contributed by atoms with van der Waals surface area (Å²) in [4.78, 5) is 27.8. The minimum Gasteiger partial charge on any atom is -0.321 e. The Morgan fingerprint density at radius 3 is 2.18 bits per heavy atom. The maximum atomic E-state index is 13.4. The Bertz CT molecular complexity index is 1300. The van der Waals surface area contributed by atoms with E-state index in [2.05, 4.69) is 5.32 Å². The van der Waals surface area contributed by atoms with Crippen LogP contribution in [0.4, 0.5) is 20.2 Å². The average Bonchev–Trinajstić information content (AvgIpc) is 3.13. The number of rotatable bonds is 5. The van der Waals surface area contributed by atoms with Gasteiger partial charge in [-0.15, -0.1) is 0 Å². The Balaban J connectivity index is 1.71. The molecule has 1 aliphatic rings. The highest BCUT2D eigenvalue weighted by Gasteiger charge is 2.40. The van der Waals surface area contributed by atoms with Gasteiger partial charge in [-0.3, -0.25) is 14.5 Å². The summed E-state index contributed by atoms with van der Waals surface area (Å²) < 4.78 is 26.5. The zero-order valence-electron chi connectivity index (χ0n) is 18.1. The molecule has 5 nitrogen and oxygen atoms in total. The van der Waals surface area contributed by atoms with Crippen LogP contribution in [0.25, 0.3) is 0 Å². The summed E-state index contributed by atoms with van der Waals surface area (Å²) in [6.07, 6.45) is 0.300. The highest BCUT2D eigenvalue weighted by Crippen LogP contribution is 2.42. The first-order chi connectivity index (χ1) is 16.4. The molecular weight excluding hydrogens is 456 g/mol. The average molecular weight is 476 g/mol. The summed E-state index contributed by atoms with van der Waals surface area (Å²) in [5.41, 5.74) is 2.36. The van der Waals surface area contributed by atoms with Crippen molar-refractivity contribution < 1.29 is 18.4 Å². The first-order valence-electron chi connectivity index (χ1n) is 10.4. The Hall–Kier alpha value is -3.96. The Labute approximate surface area is 199 Å². The Kier molecular flexibility index (Phi) is 6.75. The molecule has 0 saturated carbocycles. The van der Waals surface area contributed by atoms with Crippen molar-refractivity contribution in [3.8, 4) is 6.07 Å². The van der Waals surface area contributed by atoms with Gasteiger partial charge in [-0.2, -0.15) is 5.26 Å². The monoisotopic (exact) mass is 475 g/mol. The van der Waals surface area contributed by atoms with Gasteiger partial charge in [0.15, 0.2) is 0 Å². The van der Waals surface area contributed by atoms with E-state index >= 15 is 0 Å². The second-order valence-corrected chi connectivity index (χ2v) is 8.89. The van der Waals surface area contributed by atoms with E-state index in [4.69, 9.17) is 0 Å². The number of halogens is 2. The number of anilines is 2. The lowest BCUT2D eigenvalue weighted by atomic mass is 10.1. The van der Waals surface area contributed by atoms with Gasteiger partial charge in [0, 0.05) is 11.4 Å². The first kappa shape index (κ1) is 23.2. The van der Waals surface area contributed by atoms with Crippen molar-refractivity contribution in [3.63, 3.8) is 0 Å². The third-order valence-corrected chi connectivity index (χ3v) is 6.50. The van der Waals surface area contributed by atoms with Crippen LogP contribution in [0.15, 0.2) is 83.4 Å². The van der Waals surface area contributed by atoms with Crippen LogP contribution in [0, 0.1) is 29.9 Å². The quantitative estimate of drug-likeness (QED) is 0.400. The van der Waals surface area contributed by atoms with Gasteiger partial charge in [-0.05, 0) is 67.4 Å². The molecule has 1 atom stereocenters. The van der Waals surface area contributed by atoms with E-state index in [-0.39, 0.29) is 22.3 Å². The zero-order chi connectivity index (χ0) is 24.2. The lowest BCUT2D eigenvalue weighted by Gasteiger charge is -2.19. The molecule has 0 radical (unpaired) electrons. The van der Waals surface area contributed by atoms with Gasteiger partial charge in [0.05, 0.1) is 5.25 Å². The predicted molar refractivity (Wildman–Crippen MR) is 128 cm³/mol. The fourth-order valence-corrected chi connectivity index (χ4v) is 4.79. The molecule has 4 rings (SSSR count). The van der Waals surface area contributed by atoms with E-state index in [0.717, 1.165) is 22.9 Å². The van der Waals surface area contributed by atoms with E-state index in [1.165, 1.54) is 41.3 Å². The molecule has 1 heterocycles. The summed E-state index contributed by atoms with van der Waals surface area (Å²) >= 11 is 1.12. The molecule has 3 aromatic carbocycles. The van der Waals surface area contributed by atoms with E-state index in [0.29, 0.717) is 17.8 Å². The van der Waals surface area contributed by atoms with Crippen molar-refractivity contribution >= 4 is 35.0 Å². The SMILES string of the molecule is Cc1ccc(N2C(=O)[C@@H](Cc3ccc(F)cc3)S/C2=C(/C#N)C(=O)Nc2ccc(F)cc2)cc1. The topological polar surface area (TPSA) is 73.2 Å². The second-order valence-electron chi connectivity index (χ2n) is 7.70. The number of carbonyl (C=O) groups is 2. The van der Waals surface area contributed by atoms with E-state index in [9.17, 15) is 23.6 Å². The fraction of sp³-hybridized carbons (Fsp3) is 0.115. The normalized spacial score (nSPS) is 16.8. The molecule has 1 N–H and O–H groups in total. The number of carbonyl (C=O) groups excluding carboxylic acids is 2. The number of nitriles is 1. The summed E-state index contributed by atoms with van der Waals surface area (Å²) in [7, 11) is 0. The lowest BCUT2D eigenvalue weighted by molar-refractivity contribution is -0.117. The van der Waals surface area contributed by atoms with Crippen LogP contribution in [-0.4, -0.2) is 17.1 Å². The van der Waals surface area contributed by atoms with E-state index in [1.807, 2.05) is 25.1 Å². The first-order valence-corrected chi connectivity index (χ1v) is 11.3. The van der Waals surface area contributed by atoms with Crippen LogP contribution < -0.4 is 10.2 Å². The molecule has 1 aliphatic heterocycles. The van der Waals surface area contributed by atoms with E-state index < -0.39 is 17.0 Å². The third-order valence-electron chi connectivity index (χ3n) is 5.23. The highest BCUT2D eigenvalue weighted by molar-refractivity contribution is 8.05. The maximum absolute atomic E-state index is 13.4. The number of benzene rings is 3. The van der Waals surface area contributed by atoms with Crippen molar-refractivity contribution in [2.24, 2.45) is 0 Å². The molecule has 170 valence electrons. The van der Waals surface area contributed by atoms with Gasteiger partial charge in [0.2, 0.25) is 5.91 Å². The number of nitrogens with zero attached hydrogens (tertiary/aromatic N) is 2. The van der Waals surface area contributed by atoms with Gasteiger partial charge in [0.1, 0.15) is 28.3 Å². The number of nitrogens with one attached hydrogen (secondary N) is 1. The summed E-state index contributed by atoms with van der Waals surface area (Å²) in [5.74, 6) is -1.82. The van der Waals surface area contributed by atoms with E-state index in [1.54, 1.807) is 24.3 Å². The molecule has 1 fully saturated rings. The van der Waals surface area contributed by atoms with Crippen molar-refractivity contribution in [1.29, 1.82) is 5.26 Å². The van der Waals surface area contributed by atoms with Crippen LogP contribution in [-0.2, 0) is 16.0 Å². The number of hydrogen-bond acceptors (Lipinski definition) is 4. The molecule has 0 unspecified atom stereocenters. The summed E-state index contributed by atoms with van der Waals surface area (Å²) in [6.45, 7) is 1.91. The fourth-order valence-electron chi connectivity index (χ4n) is 3.48. The van der Waals surface area contributed by atoms with Crippen molar-refractivity contribution in [2.45, 2.75) is 18.6 Å². The van der Waals surface area contributed by atoms with Crippen LogP contribution in [0.5, 0.6) is 0 Å². The van der Waals surface area contributed by atoms with Crippen molar-refractivity contribution in [2.75, 3.05) is 10.2 Å². The van der Waals surface area contributed by atoms with Crippen LogP contribution >= 0.6 is 11.8 Å². The molecule has 8 heteroatoms. The van der Waals surface area contributed by atoms with Gasteiger partial charge in [0.25, 0.3) is 5.91 Å². The van der Waals surface area contributed by atoms with Crippen LogP contribution in [0.3, 0.4) is 0 Å². The minimum absolute atomic E-state index is 0.211. The molecule has 1 saturated heterocycles. The highest BCUT2D eigenvalue weighted by atomic mass is 32.2. The standard InChI is InChI=1S/C26H19F2N3O2S/c1-16-2-12-21(13-3-16)31-25(33)23(14-17-4-6-18(27)7-5-17)34-26(31)22(15-29)24(32)30-20-10-8-19(28)9-11-20/h2-13,23H,14H2,1H3,(H,30,32)/b26-22-/t23-/m1/s1. The summed E-state index contributed by atoms with van der Waals surface area (Å²) in [5, 5.41) is 12.0. The number of amides is 2. The summed E-state index contributed by atoms with van der Waals surface area (Å²) in [6, 6.07) is 20.1. The minimum atomic E-state index is -0.705. The van der Waals surface area contributed by atoms with Gasteiger partial charge in [-0.25, -0.2) is 8.78 Å². The Morgan fingerprint density at radius 1 is 1.00 bits per heavy atom. The Morgan fingerprint density at radius 2 is 1.59 bits per heavy atom. The maximum Gasteiger partial charge on any atom is 0.269 e. The number of hydrogen-bond donors (Lipinski definition) is 1. The molecule has 34 heavy (non-hydrogen) atoms. The van der Waals surface area contributed by atoms with Gasteiger partial charge >= 0.3 is 0 Å². The second kappa shape index (κ2) is 9.89. The van der Waals surface area contributed by atoms with Crippen LogP contribution in [0.2, 0.25) is 0 Å². The van der Waals surface area contributed by atoms with Crippen molar-refractivity contribution in [3.05, 3.63) is 106 Å². The lowest BCUT2D eigenvalue weighted by Crippen LogP contribution is -2.30.